The molecule has 0 aliphatic heterocycles. The van der Waals surface area contributed by atoms with Crippen molar-refractivity contribution in [3.05, 3.63) is 44.3 Å². The van der Waals surface area contributed by atoms with E-state index >= 15 is 0 Å². The minimum atomic E-state index is 0.0172. The van der Waals surface area contributed by atoms with Crippen molar-refractivity contribution in [2.45, 2.75) is 26.7 Å². The zero-order valence-corrected chi connectivity index (χ0v) is 13.3. The van der Waals surface area contributed by atoms with Gasteiger partial charge in [-0.3, -0.25) is 4.79 Å². The van der Waals surface area contributed by atoms with E-state index < -0.39 is 0 Å². The molecule has 1 aromatic heterocycles. The second-order valence-electron chi connectivity index (χ2n) is 4.31. The van der Waals surface area contributed by atoms with Gasteiger partial charge in [-0.2, -0.15) is 0 Å². The van der Waals surface area contributed by atoms with E-state index in [2.05, 4.69) is 33.2 Å². The van der Waals surface area contributed by atoms with Crippen molar-refractivity contribution in [1.29, 1.82) is 0 Å². The summed E-state index contributed by atoms with van der Waals surface area (Å²) in [5, 5.41) is 3.91. The normalized spacial score (nSPS) is 10.5. The average molecular weight is 339 g/mol. The van der Waals surface area contributed by atoms with Crippen molar-refractivity contribution in [1.82, 2.24) is 4.98 Å². The highest BCUT2D eigenvalue weighted by Gasteiger charge is 2.07. The Morgan fingerprint density at radius 1 is 1.42 bits per heavy atom. The lowest BCUT2D eigenvalue weighted by atomic mass is 10.2. The molecule has 0 saturated carbocycles. The number of carbonyl (C=O) groups excluding carboxylic acids is 1. The van der Waals surface area contributed by atoms with Gasteiger partial charge in [0.2, 0.25) is 5.91 Å². The van der Waals surface area contributed by atoms with E-state index in [0.29, 0.717) is 12.8 Å². The highest BCUT2D eigenvalue weighted by molar-refractivity contribution is 9.10. The molecule has 0 spiro atoms. The number of rotatable bonds is 4. The van der Waals surface area contributed by atoms with Gasteiger partial charge in [0.1, 0.15) is 0 Å². The minimum absolute atomic E-state index is 0.0172. The molecule has 5 heteroatoms. The summed E-state index contributed by atoms with van der Waals surface area (Å²) < 4.78 is 0.955. The fourth-order valence-electron chi connectivity index (χ4n) is 1.66. The van der Waals surface area contributed by atoms with Crippen molar-refractivity contribution in [2.24, 2.45) is 0 Å². The van der Waals surface area contributed by atoms with Gasteiger partial charge in [-0.1, -0.05) is 22.0 Å². The molecule has 2 aromatic rings. The van der Waals surface area contributed by atoms with Gasteiger partial charge in [-0.15, -0.1) is 11.3 Å². The van der Waals surface area contributed by atoms with E-state index in [9.17, 15) is 4.79 Å². The number of amides is 1. The highest BCUT2D eigenvalue weighted by atomic mass is 79.9. The van der Waals surface area contributed by atoms with E-state index in [0.717, 1.165) is 20.9 Å². The van der Waals surface area contributed by atoms with Gasteiger partial charge in [0.15, 0.2) is 0 Å². The minimum Gasteiger partial charge on any atom is -0.326 e. The third-order valence-corrected chi connectivity index (χ3v) is 4.37. The summed E-state index contributed by atoms with van der Waals surface area (Å²) in [6.07, 6.45) is 1.15. The first-order valence-corrected chi connectivity index (χ1v) is 7.64. The number of halogens is 1. The van der Waals surface area contributed by atoms with Crippen LogP contribution in [0.4, 0.5) is 5.69 Å². The molecule has 0 bridgehead atoms. The number of aryl methyl sites for hydroxylation is 3. The third-order valence-electron chi connectivity index (χ3n) is 2.75. The van der Waals surface area contributed by atoms with Gasteiger partial charge in [0.25, 0.3) is 0 Å². The molecule has 0 saturated heterocycles. The Morgan fingerprint density at radius 3 is 2.84 bits per heavy atom. The van der Waals surface area contributed by atoms with Gasteiger partial charge < -0.3 is 5.32 Å². The number of thiazole rings is 1. The van der Waals surface area contributed by atoms with Crippen LogP contribution < -0.4 is 5.32 Å². The molecule has 100 valence electrons. The van der Waals surface area contributed by atoms with Crippen molar-refractivity contribution < 1.29 is 4.79 Å². The quantitative estimate of drug-likeness (QED) is 0.911. The number of anilines is 1. The fraction of sp³-hybridized carbons (Fsp3) is 0.286. The van der Waals surface area contributed by atoms with E-state index in [1.807, 2.05) is 31.2 Å². The smallest absolute Gasteiger partial charge is 0.224 e. The number of nitrogens with one attached hydrogen (secondary N) is 1. The number of hydrogen-bond acceptors (Lipinski definition) is 3. The molecule has 1 N–H and O–H groups in total. The van der Waals surface area contributed by atoms with Crippen LogP contribution in [0.25, 0.3) is 0 Å². The number of hydrogen-bond donors (Lipinski definition) is 1. The molecule has 19 heavy (non-hydrogen) atoms. The van der Waals surface area contributed by atoms with Crippen LogP contribution in [0, 0.1) is 13.8 Å². The summed E-state index contributed by atoms with van der Waals surface area (Å²) in [6.45, 7) is 4.05. The van der Waals surface area contributed by atoms with Crippen LogP contribution >= 0.6 is 27.3 Å². The van der Waals surface area contributed by atoms with Crippen molar-refractivity contribution in [2.75, 3.05) is 5.32 Å². The van der Waals surface area contributed by atoms with Crippen LogP contribution in [-0.4, -0.2) is 10.9 Å². The molecule has 0 unspecified atom stereocenters. The van der Waals surface area contributed by atoms with E-state index in [4.69, 9.17) is 0 Å². The third kappa shape index (κ3) is 4.14. The number of aromatic nitrogens is 1. The molecule has 1 aromatic carbocycles. The standard InChI is InChI=1S/C14H15BrN2OS/c1-9-10(2)19-14(16-9)7-6-13(18)17-12-5-3-4-11(15)8-12/h3-5,8H,6-7H2,1-2H3,(H,17,18). The summed E-state index contributed by atoms with van der Waals surface area (Å²) in [6, 6.07) is 7.58. The monoisotopic (exact) mass is 338 g/mol. The summed E-state index contributed by atoms with van der Waals surface area (Å²) >= 11 is 5.05. The first-order chi connectivity index (χ1) is 9.04. The maximum Gasteiger partial charge on any atom is 0.224 e. The molecule has 1 heterocycles. The molecule has 0 atom stereocenters. The maximum absolute atomic E-state index is 11.8. The van der Waals surface area contributed by atoms with Gasteiger partial charge in [-0.25, -0.2) is 4.98 Å². The first kappa shape index (κ1) is 14.2. The van der Waals surface area contributed by atoms with E-state index in [1.165, 1.54) is 4.88 Å². The number of carbonyl (C=O) groups is 1. The Hall–Kier alpha value is -1.20. The second-order valence-corrected chi connectivity index (χ2v) is 6.51. The zero-order chi connectivity index (χ0) is 13.8. The molecule has 1 amide bonds. The van der Waals surface area contributed by atoms with Crippen LogP contribution in [0.3, 0.4) is 0 Å². The Labute approximate surface area is 125 Å². The van der Waals surface area contributed by atoms with Crippen molar-refractivity contribution in [3.63, 3.8) is 0 Å². The van der Waals surface area contributed by atoms with Crippen LogP contribution in [0.15, 0.2) is 28.7 Å². The molecule has 3 nitrogen and oxygen atoms in total. The van der Waals surface area contributed by atoms with Gasteiger partial charge >= 0.3 is 0 Å². The van der Waals surface area contributed by atoms with Gasteiger partial charge in [0.05, 0.1) is 10.7 Å². The molecule has 0 radical (unpaired) electrons. The summed E-state index contributed by atoms with van der Waals surface area (Å²) in [4.78, 5) is 17.5. The maximum atomic E-state index is 11.8. The lowest BCUT2D eigenvalue weighted by molar-refractivity contribution is -0.116. The average Bonchev–Trinajstić information content (AvgIpc) is 2.66. The van der Waals surface area contributed by atoms with Gasteiger partial charge in [-0.05, 0) is 32.0 Å². The van der Waals surface area contributed by atoms with Crippen LogP contribution in [-0.2, 0) is 11.2 Å². The molecule has 2 rings (SSSR count). The number of benzene rings is 1. The summed E-state index contributed by atoms with van der Waals surface area (Å²) in [5.41, 5.74) is 1.87. The van der Waals surface area contributed by atoms with Crippen LogP contribution in [0.2, 0.25) is 0 Å². The second kappa shape index (κ2) is 6.30. The van der Waals surface area contributed by atoms with Crippen LogP contribution in [0.5, 0.6) is 0 Å². The van der Waals surface area contributed by atoms with E-state index in [-0.39, 0.29) is 5.91 Å². The molecular weight excluding hydrogens is 324 g/mol. The Morgan fingerprint density at radius 2 is 2.21 bits per heavy atom. The van der Waals surface area contributed by atoms with E-state index in [1.54, 1.807) is 11.3 Å². The summed E-state index contributed by atoms with van der Waals surface area (Å²) in [5.74, 6) is 0.0172. The topological polar surface area (TPSA) is 42.0 Å². The Balaban J connectivity index is 1.88. The SMILES string of the molecule is Cc1nc(CCC(=O)Nc2cccc(Br)c2)sc1C. The predicted octanol–water partition coefficient (Wildman–Crippen LogP) is 4.09. The van der Waals surface area contributed by atoms with Crippen LogP contribution in [0.1, 0.15) is 22.0 Å². The summed E-state index contributed by atoms with van der Waals surface area (Å²) in [7, 11) is 0. The first-order valence-electron chi connectivity index (χ1n) is 6.03. The Bertz CT molecular complexity index is 575. The zero-order valence-electron chi connectivity index (χ0n) is 10.9. The largest absolute Gasteiger partial charge is 0.326 e. The molecule has 0 aliphatic rings. The molecule has 0 aliphatic carbocycles. The van der Waals surface area contributed by atoms with Gasteiger partial charge in [0, 0.05) is 27.9 Å². The Kier molecular flexibility index (Phi) is 4.71. The molecular formula is C14H15BrN2OS. The lowest BCUT2D eigenvalue weighted by Gasteiger charge is -2.04. The fourth-order valence-corrected chi connectivity index (χ4v) is 2.99. The number of nitrogens with zero attached hydrogens (tertiary/aromatic N) is 1. The predicted molar refractivity (Wildman–Crippen MR) is 82.7 cm³/mol. The highest BCUT2D eigenvalue weighted by Crippen LogP contribution is 2.19. The lowest BCUT2D eigenvalue weighted by Crippen LogP contribution is -2.12. The van der Waals surface area contributed by atoms with Crippen molar-refractivity contribution >= 4 is 38.9 Å². The van der Waals surface area contributed by atoms with Crippen molar-refractivity contribution in [3.8, 4) is 0 Å². The molecule has 0 fully saturated rings.